The van der Waals surface area contributed by atoms with Crippen LogP contribution in [0.2, 0.25) is 0 Å². The van der Waals surface area contributed by atoms with Crippen LogP contribution < -0.4 is 5.32 Å². The Morgan fingerprint density at radius 1 is 1.44 bits per heavy atom. The van der Waals surface area contributed by atoms with Crippen LogP contribution in [0.4, 0.5) is 5.69 Å². The molecule has 0 spiro atoms. The van der Waals surface area contributed by atoms with Gasteiger partial charge in [-0.15, -0.1) is 0 Å². The zero-order chi connectivity index (χ0) is 13.2. The van der Waals surface area contributed by atoms with Crippen LogP contribution in [0.25, 0.3) is 0 Å². The van der Waals surface area contributed by atoms with Crippen LogP contribution in [0, 0.1) is 18.3 Å². The third-order valence-electron chi connectivity index (χ3n) is 3.19. The molecule has 18 heavy (non-hydrogen) atoms. The lowest BCUT2D eigenvalue weighted by atomic mass is 10.1. The highest BCUT2D eigenvalue weighted by molar-refractivity contribution is 7.91. The van der Waals surface area contributed by atoms with Gasteiger partial charge in [0, 0.05) is 11.7 Å². The van der Waals surface area contributed by atoms with E-state index >= 15 is 0 Å². The number of anilines is 1. The number of nitriles is 1. The van der Waals surface area contributed by atoms with Crippen molar-refractivity contribution < 1.29 is 8.42 Å². The van der Waals surface area contributed by atoms with E-state index < -0.39 is 9.84 Å². The molecule has 0 radical (unpaired) electrons. The molecule has 1 aliphatic heterocycles. The summed E-state index contributed by atoms with van der Waals surface area (Å²) < 4.78 is 23.1. The highest BCUT2D eigenvalue weighted by Gasteiger charge is 2.24. The molecule has 0 saturated carbocycles. The Morgan fingerprint density at radius 2 is 2.22 bits per heavy atom. The van der Waals surface area contributed by atoms with E-state index in [4.69, 9.17) is 5.26 Å². The van der Waals surface area contributed by atoms with E-state index in [2.05, 4.69) is 11.4 Å². The van der Waals surface area contributed by atoms with Crippen LogP contribution in [0.3, 0.4) is 0 Å². The summed E-state index contributed by atoms with van der Waals surface area (Å²) in [5.41, 5.74) is 2.47. The fourth-order valence-corrected chi connectivity index (χ4v) is 3.84. The molecule has 1 N–H and O–H groups in total. The van der Waals surface area contributed by atoms with Crippen molar-refractivity contribution in [2.45, 2.75) is 25.8 Å². The second-order valence-corrected chi connectivity index (χ2v) is 6.97. The minimum atomic E-state index is -2.91. The van der Waals surface area contributed by atoms with Gasteiger partial charge in [-0.05, 0) is 37.5 Å². The van der Waals surface area contributed by atoms with Crippen LogP contribution in [-0.4, -0.2) is 26.0 Å². The van der Waals surface area contributed by atoms with Crippen molar-refractivity contribution in [3.63, 3.8) is 0 Å². The van der Waals surface area contributed by atoms with E-state index in [1.54, 1.807) is 12.1 Å². The van der Waals surface area contributed by atoms with Gasteiger partial charge in [0.1, 0.15) is 0 Å². The fraction of sp³-hybridized carbons (Fsp3) is 0.462. The Bertz CT molecular complexity index is 587. The van der Waals surface area contributed by atoms with Crippen molar-refractivity contribution in [2.75, 3.05) is 16.8 Å². The summed E-state index contributed by atoms with van der Waals surface area (Å²) in [6, 6.07) is 7.45. The van der Waals surface area contributed by atoms with Crippen molar-refractivity contribution >= 4 is 15.5 Å². The number of benzene rings is 1. The molecule has 1 atom stereocenters. The third kappa shape index (κ3) is 3.02. The number of nitrogens with one attached hydrogen (secondary N) is 1. The van der Waals surface area contributed by atoms with Crippen molar-refractivity contribution in [3.05, 3.63) is 29.3 Å². The van der Waals surface area contributed by atoms with Crippen LogP contribution in [0.5, 0.6) is 0 Å². The number of rotatable bonds is 2. The summed E-state index contributed by atoms with van der Waals surface area (Å²) >= 11 is 0. The molecule has 1 aliphatic rings. The van der Waals surface area contributed by atoms with Crippen LogP contribution in [0.1, 0.15) is 24.0 Å². The molecule has 2 rings (SSSR count). The minimum Gasteiger partial charge on any atom is -0.381 e. The molecule has 0 aliphatic carbocycles. The number of hydrogen-bond donors (Lipinski definition) is 1. The number of nitrogens with zero attached hydrogens (tertiary/aromatic N) is 1. The number of hydrogen-bond acceptors (Lipinski definition) is 4. The van der Waals surface area contributed by atoms with Gasteiger partial charge in [-0.1, -0.05) is 6.07 Å². The standard InChI is InChI=1S/C13H16N2O2S/c1-10-4-5-11(8-14)7-13(10)15-12-3-2-6-18(16,17)9-12/h4-5,7,12,15H,2-3,6,9H2,1H3. The van der Waals surface area contributed by atoms with Crippen molar-refractivity contribution in [2.24, 2.45) is 0 Å². The lowest BCUT2D eigenvalue weighted by Gasteiger charge is -2.24. The monoisotopic (exact) mass is 264 g/mol. The second-order valence-electron chi connectivity index (χ2n) is 4.74. The summed E-state index contributed by atoms with van der Waals surface area (Å²) in [6.45, 7) is 1.95. The quantitative estimate of drug-likeness (QED) is 0.885. The lowest BCUT2D eigenvalue weighted by molar-refractivity contribution is 0.562. The Labute approximate surface area is 108 Å². The SMILES string of the molecule is Cc1ccc(C#N)cc1NC1CCCS(=O)(=O)C1. The predicted octanol–water partition coefficient (Wildman–Crippen LogP) is 1.86. The largest absolute Gasteiger partial charge is 0.381 e. The van der Waals surface area contributed by atoms with E-state index in [1.165, 1.54) is 0 Å². The van der Waals surface area contributed by atoms with Gasteiger partial charge < -0.3 is 5.32 Å². The molecule has 4 nitrogen and oxygen atoms in total. The Balaban J connectivity index is 2.17. The van der Waals surface area contributed by atoms with Gasteiger partial charge in [-0.25, -0.2) is 8.42 Å². The maximum Gasteiger partial charge on any atom is 0.152 e. The van der Waals surface area contributed by atoms with E-state index in [1.807, 2.05) is 13.0 Å². The molecule has 1 fully saturated rings. The first-order valence-electron chi connectivity index (χ1n) is 5.98. The first kappa shape index (κ1) is 12.9. The van der Waals surface area contributed by atoms with Gasteiger partial charge in [-0.2, -0.15) is 5.26 Å². The first-order chi connectivity index (χ1) is 8.50. The van der Waals surface area contributed by atoms with E-state index in [9.17, 15) is 8.42 Å². The topological polar surface area (TPSA) is 70.0 Å². The summed E-state index contributed by atoms with van der Waals surface area (Å²) in [6.07, 6.45) is 1.56. The zero-order valence-corrected chi connectivity index (χ0v) is 11.1. The summed E-state index contributed by atoms with van der Waals surface area (Å²) in [5, 5.41) is 12.1. The Morgan fingerprint density at radius 3 is 2.89 bits per heavy atom. The number of aryl methyl sites for hydroxylation is 1. The maximum absolute atomic E-state index is 11.6. The molecule has 1 unspecified atom stereocenters. The third-order valence-corrected chi connectivity index (χ3v) is 5.01. The van der Waals surface area contributed by atoms with Crippen molar-refractivity contribution in [3.8, 4) is 6.07 Å². The summed E-state index contributed by atoms with van der Waals surface area (Å²) in [5.74, 6) is 0.478. The average Bonchev–Trinajstić information content (AvgIpc) is 2.31. The summed E-state index contributed by atoms with van der Waals surface area (Å²) in [4.78, 5) is 0. The van der Waals surface area contributed by atoms with Gasteiger partial charge in [0.2, 0.25) is 0 Å². The van der Waals surface area contributed by atoms with Crippen LogP contribution >= 0.6 is 0 Å². The Hall–Kier alpha value is -1.54. The van der Waals surface area contributed by atoms with Gasteiger partial charge in [0.25, 0.3) is 0 Å². The van der Waals surface area contributed by atoms with Gasteiger partial charge in [0.05, 0.1) is 23.1 Å². The molecule has 0 bridgehead atoms. The molecule has 0 amide bonds. The van der Waals surface area contributed by atoms with E-state index in [0.717, 1.165) is 17.7 Å². The molecule has 1 aromatic rings. The molecule has 0 aromatic heterocycles. The molecule has 1 aromatic carbocycles. The Kier molecular flexibility index (Phi) is 3.58. The smallest absolute Gasteiger partial charge is 0.152 e. The van der Waals surface area contributed by atoms with Crippen LogP contribution in [-0.2, 0) is 9.84 Å². The number of sulfone groups is 1. The van der Waals surface area contributed by atoms with Crippen molar-refractivity contribution in [1.82, 2.24) is 0 Å². The second kappa shape index (κ2) is 4.99. The van der Waals surface area contributed by atoms with E-state index in [0.29, 0.717) is 17.7 Å². The first-order valence-corrected chi connectivity index (χ1v) is 7.80. The molecule has 1 saturated heterocycles. The highest BCUT2D eigenvalue weighted by Crippen LogP contribution is 2.21. The maximum atomic E-state index is 11.6. The predicted molar refractivity (Wildman–Crippen MR) is 71.2 cm³/mol. The highest BCUT2D eigenvalue weighted by atomic mass is 32.2. The minimum absolute atomic E-state index is 0.0450. The molecule has 96 valence electrons. The average molecular weight is 264 g/mol. The normalized spacial score (nSPS) is 22.1. The molecule has 1 heterocycles. The molecular weight excluding hydrogens is 248 g/mol. The van der Waals surface area contributed by atoms with Gasteiger partial charge in [0.15, 0.2) is 9.84 Å². The fourth-order valence-electron chi connectivity index (χ4n) is 2.20. The van der Waals surface area contributed by atoms with Gasteiger partial charge in [-0.3, -0.25) is 0 Å². The zero-order valence-electron chi connectivity index (χ0n) is 10.3. The van der Waals surface area contributed by atoms with Gasteiger partial charge >= 0.3 is 0 Å². The molecule has 5 heteroatoms. The summed E-state index contributed by atoms with van der Waals surface area (Å²) in [7, 11) is -2.91. The molecular formula is C13H16N2O2S. The van der Waals surface area contributed by atoms with Crippen LogP contribution in [0.15, 0.2) is 18.2 Å². The lowest BCUT2D eigenvalue weighted by Crippen LogP contribution is -2.35. The van der Waals surface area contributed by atoms with E-state index in [-0.39, 0.29) is 11.8 Å². The van der Waals surface area contributed by atoms with Crippen molar-refractivity contribution in [1.29, 1.82) is 5.26 Å².